The van der Waals surface area contributed by atoms with Gasteiger partial charge in [-0.1, -0.05) is 6.07 Å². The Balaban J connectivity index is 1.59. The number of carbonyl (C=O) groups excluding carboxylic acids is 3. The fourth-order valence-corrected chi connectivity index (χ4v) is 3.57. The van der Waals surface area contributed by atoms with Crippen LogP contribution in [0.4, 0.5) is 5.82 Å². The van der Waals surface area contributed by atoms with Gasteiger partial charge in [-0.2, -0.15) is 0 Å². The molecule has 28 heavy (non-hydrogen) atoms. The maximum Gasteiger partial charge on any atom is 0.303 e. The number of rotatable bonds is 6. The highest BCUT2D eigenvalue weighted by molar-refractivity contribution is 7.09. The second-order valence-electron chi connectivity index (χ2n) is 6.28. The number of amides is 2. The lowest BCUT2D eigenvalue weighted by Crippen LogP contribution is -2.50. The summed E-state index contributed by atoms with van der Waals surface area (Å²) < 4.78 is 4.77. The van der Waals surface area contributed by atoms with E-state index in [1.54, 1.807) is 34.6 Å². The van der Waals surface area contributed by atoms with Gasteiger partial charge in [0, 0.05) is 44.2 Å². The summed E-state index contributed by atoms with van der Waals surface area (Å²) in [5.41, 5.74) is 0.513. The number of nitrogens with one attached hydrogen (secondary N) is 1. The summed E-state index contributed by atoms with van der Waals surface area (Å²) in [6.07, 6.45) is 1.66. The van der Waals surface area contributed by atoms with Crippen LogP contribution in [-0.2, 0) is 20.9 Å². The van der Waals surface area contributed by atoms with Gasteiger partial charge in [-0.3, -0.25) is 14.4 Å². The van der Waals surface area contributed by atoms with Crippen molar-refractivity contribution in [2.75, 3.05) is 37.7 Å². The van der Waals surface area contributed by atoms with Crippen molar-refractivity contribution in [3.8, 4) is 0 Å². The maximum atomic E-state index is 12.6. The number of anilines is 1. The third-order valence-corrected chi connectivity index (χ3v) is 5.24. The van der Waals surface area contributed by atoms with E-state index in [1.807, 2.05) is 22.4 Å². The molecule has 9 heteroatoms. The fraction of sp³-hybridized carbons (Fsp3) is 0.368. The van der Waals surface area contributed by atoms with Crippen molar-refractivity contribution >= 4 is 34.9 Å². The topological polar surface area (TPSA) is 91.8 Å². The minimum absolute atomic E-state index is 0.176. The normalized spacial score (nSPS) is 13.9. The Morgan fingerprint density at radius 2 is 1.96 bits per heavy atom. The highest BCUT2D eigenvalue weighted by Crippen LogP contribution is 2.19. The number of nitrogens with zero attached hydrogens (tertiary/aromatic N) is 3. The van der Waals surface area contributed by atoms with Crippen LogP contribution in [0.1, 0.15) is 22.2 Å². The molecule has 3 rings (SSSR count). The van der Waals surface area contributed by atoms with Crippen LogP contribution in [0.3, 0.4) is 0 Å². The van der Waals surface area contributed by atoms with Crippen LogP contribution in [-0.4, -0.2) is 60.5 Å². The molecule has 0 radical (unpaired) electrons. The van der Waals surface area contributed by atoms with Crippen LogP contribution in [0, 0.1) is 0 Å². The Hall–Kier alpha value is -2.94. The van der Waals surface area contributed by atoms with Gasteiger partial charge in [-0.25, -0.2) is 4.98 Å². The minimum atomic E-state index is -0.473. The number of esters is 1. The molecule has 0 unspecified atom stereocenters. The lowest BCUT2D eigenvalue weighted by Gasteiger charge is -2.35. The lowest BCUT2D eigenvalue weighted by atomic mass is 10.2. The van der Waals surface area contributed by atoms with Crippen LogP contribution in [0.25, 0.3) is 0 Å². The van der Waals surface area contributed by atoms with Gasteiger partial charge >= 0.3 is 5.97 Å². The molecular formula is C19H22N4O4S. The monoisotopic (exact) mass is 402 g/mol. The summed E-state index contributed by atoms with van der Waals surface area (Å²) in [6, 6.07) is 7.41. The van der Waals surface area contributed by atoms with Gasteiger partial charge in [0.25, 0.3) is 11.8 Å². The highest BCUT2D eigenvalue weighted by Gasteiger charge is 2.25. The van der Waals surface area contributed by atoms with Gasteiger partial charge in [0.2, 0.25) is 0 Å². The summed E-state index contributed by atoms with van der Waals surface area (Å²) in [7, 11) is 0. The van der Waals surface area contributed by atoms with Crippen molar-refractivity contribution in [3.63, 3.8) is 0 Å². The molecule has 2 amide bonds. The number of thiophene rings is 1. The summed E-state index contributed by atoms with van der Waals surface area (Å²) in [5.74, 6) is -0.258. The molecule has 0 saturated carbocycles. The molecule has 1 saturated heterocycles. The Morgan fingerprint density at radius 3 is 2.64 bits per heavy atom. The Kier molecular flexibility index (Phi) is 6.59. The molecule has 0 aromatic carbocycles. The molecule has 8 nitrogen and oxygen atoms in total. The molecule has 1 aliphatic heterocycles. The molecule has 3 heterocycles. The Labute approximate surface area is 167 Å². The van der Waals surface area contributed by atoms with Crippen LogP contribution < -0.4 is 10.2 Å². The van der Waals surface area contributed by atoms with E-state index in [0.29, 0.717) is 44.1 Å². The SMILES string of the molecule is CC(=O)OCC(=O)N1CCN(c2ncccc2C(=O)NCc2cccs2)CC1. The average Bonchev–Trinajstić information content (AvgIpc) is 3.24. The van der Waals surface area contributed by atoms with Crippen molar-refractivity contribution in [2.45, 2.75) is 13.5 Å². The first-order valence-corrected chi connectivity index (χ1v) is 9.84. The Morgan fingerprint density at radius 1 is 1.18 bits per heavy atom. The largest absolute Gasteiger partial charge is 0.456 e. The van der Waals surface area contributed by atoms with E-state index in [9.17, 15) is 14.4 Å². The van der Waals surface area contributed by atoms with Gasteiger partial charge in [-0.05, 0) is 23.6 Å². The number of ether oxygens (including phenoxy) is 1. The Bertz CT molecular complexity index is 832. The molecule has 0 atom stereocenters. The summed E-state index contributed by atoms with van der Waals surface area (Å²) in [5, 5.41) is 4.90. The second kappa shape index (κ2) is 9.32. The van der Waals surface area contributed by atoms with Crippen molar-refractivity contribution in [1.82, 2.24) is 15.2 Å². The molecular weight excluding hydrogens is 380 g/mol. The third-order valence-electron chi connectivity index (χ3n) is 4.37. The van der Waals surface area contributed by atoms with E-state index in [1.165, 1.54) is 6.92 Å². The van der Waals surface area contributed by atoms with Gasteiger partial charge in [0.15, 0.2) is 6.61 Å². The van der Waals surface area contributed by atoms with Crippen molar-refractivity contribution < 1.29 is 19.1 Å². The molecule has 2 aromatic rings. The summed E-state index contributed by atoms with van der Waals surface area (Å²) >= 11 is 1.59. The van der Waals surface area contributed by atoms with E-state index < -0.39 is 5.97 Å². The van der Waals surface area contributed by atoms with Crippen molar-refractivity contribution in [2.24, 2.45) is 0 Å². The molecule has 0 bridgehead atoms. The van der Waals surface area contributed by atoms with Gasteiger partial charge in [-0.15, -0.1) is 11.3 Å². The molecule has 2 aromatic heterocycles. The lowest BCUT2D eigenvalue weighted by molar-refractivity contribution is -0.150. The van der Waals surface area contributed by atoms with E-state index in [-0.39, 0.29) is 18.4 Å². The molecule has 1 fully saturated rings. The van der Waals surface area contributed by atoms with Crippen molar-refractivity contribution in [3.05, 3.63) is 46.3 Å². The first kappa shape index (κ1) is 19.8. The third kappa shape index (κ3) is 5.07. The number of aromatic nitrogens is 1. The first-order valence-electron chi connectivity index (χ1n) is 8.96. The van der Waals surface area contributed by atoms with E-state index in [4.69, 9.17) is 4.74 Å². The predicted molar refractivity (Wildman–Crippen MR) is 105 cm³/mol. The first-order chi connectivity index (χ1) is 13.5. The number of hydrogen-bond donors (Lipinski definition) is 1. The maximum absolute atomic E-state index is 12.6. The van der Waals surface area contributed by atoms with Gasteiger partial charge < -0.3 is 19.9 Å². The predicted octanol–water partition coefficient (Wildman–Crippen LogP) is 1.28. The zero-order valence-corrected chi connectivity index (χ0v) is 16.4. The molecule has 0 aliphatic carbocycles. The highest BCUT2D eigenvalue weighted by atomic mass is 32.1. The smallest absolute Gasteiger partial charge is 0.303 e. The van der Waals surface area contributed by atoms with Crippen molar-refractivity contribution in [1.29, 1.82) is 0 Å². The minimum Gasteiger partial charge on any atom is -0.456 e. The standard InChI is InChI=1S/C19H22N4O4S/c1-14(24)27-13-17(25)22-7-9-23(10-8-22)18-16(5-2-6-20-18)19(26)21-12-15-4-3-11-28-15/h2-6,11H,7-10,12-13H2,1H3,(H,21,26). The fourth-order valence-electron chi connectivity index (χ4n) is 2.92. The molecule has 0 spiro atoms. The van der Waals surface area contributed by atoms with Crippen LogP contribution in [0.15, 0.2) is 35.8 Å². The van der Waals surface area contributed by atoms with E-state index in [2.05, 4.69) is 10.3 Å². The second-order valence-corrected chi connectivity index (χ2v) is 7.32. The number of hydrogen-bond acceptors (Lipinski definition) is 7. The number of carbonyl (C=O) groups is 3. The zero-order chi connectivity index (χ0) is 19.9. The van der Waals surface area contributed by atoms with Crippen LogP contribution >= 0.6 is 11.3 Å². The molecule has 1 aliphatic rings. The van der Waals surface area contributed by atoms with Crippen LogP contribution in [0.5, 0.6) is 0 Å². The van der Waals surface area contributed by atoms with Gasteiger partial charge in [0.05, 0.1) is 12.1 Å². The molecule has 1 N–H and O–H groups in total. The quantitative estimate of drug-likeness (QED) is 0.732. The van der Waals surface area contributed by atoms with E-state index >= 15 is 0 Å². The van der Waals surface area contributed by atoms with Crippen LogP contribution in [0.2, 0.25) is 0 Å². The number of piperazine rings is 1. The van der Waals surface area contributed by atoms with E-state index in [0.717, 1.165) is 4.88 Å². The summed E-state index contributed by atoms with van der Waals surface area (Å²) in [4.78, 5) is 44.7. The average molecular weight is 402 g/mol. The molecule has 148 valence electrons. The van der Waals surface area contributed by atoms with Gasteiger partial charge in [0.1, 0.15) is 5.82 Å². The zero-order valence-electron chi connectivity index (χ0n) is 15.6. The summed E-state index contributed by atoms with van der Waals surface area (Å²) in [6.45, 7) is 3.57. The number of pyridine rings is 1.